The smallest absolute Gasteiger partial charge is 0.367 e. The number of nitrogens with zero attached hydrogens (tertiary/aromatic N) is 2. The van der Waals surface area contributed by atoms with Crippen LogP contribution in [0.1, 0.15) is 56.9 Å². The van der Waals surface area contributed by atoms with Crippen LogP contribution in [0.2, 0.25) is 0 Å². The third-order valence-electron chi connectivity index (χ3n) is 4.75. The molecule has 1 aromatic rings. The SMILES string of the molecule is CSc1nc(NC2CCCC2)c(C(F)(F)F)c(NC2CCCC2)n1. The molecule has 3 rings (SSSR count). The van der Waals surface area contributed by atoms with Crippen LogP contribution >= 0.6 is 11.8 Å². The molecule has 0 bridgehead atoms. The highest BCUT2D eigenvalue weighted by atomic mass is 32.2. The van der Waals surface area contributed by atoms with Gasteiger partial charge in [-0.15, -0.1) is 0 Å². The number of alkyl halides is 3. The minimum atomic E-state index is -4.49. The molecule has 2 aliphatic carbocycles. The zero-order chi connectivity index (χ0) is 17.2. The number of hydrogen-bond donors (Lipinski definition) is 2. The highest BCUT2D eigenvalue weighted by molar-refractivity contribution is 7.98. The first kappa shape index (κ1) is 17.6. The molecule has 134 valence electrons. The predicted octanol–water partition coefficient (Wildman–Crippen LogP) is 4.93. The number of thioether (sulfide) groups is 1. The van der Waals surface area contributed by atoms with Gasteiger partial charge in [0.15, 0.2) is 5.16 Å². The van der Waals surface area contributed by atoms with E-state index in [0.717, 1.165) is 51.4 Å². The van der Waals surface area contributed by atoms with Gasteiger partial charge in [-0.25, -0.2) is 9.97 Å². The van der Waals surface area contributed by atoms with Crippen molar-refractivity contribution in [2.75, 3.05) is 16.9 Å². The van der Waals surface area contributed by atoms with Crippen molar-refractivity contribution in [2.24, 2.45) is 0 Å². The average Bonchev–Trinajstić information content (AvgIpc) is 3.19. The van der Waals surface area contributed by atoms with Crippen molar-refractivity contribution in [2.45, 2.75) is 74.8 Å². The molecule has 4 nitrogen and oxygen atoms in total. The summed E-state index contributed by atoms with van der Waals surface area (Å²) in [6.45, 7) is 0. The summed E-state index contributed by atoms with van der Waals surface area (Å²) >= 11 is 1.26. The van der Waals surface area contributed by atoms with Crippen molar-refractivity contribution in [3.8, 4) is 0 Å². The average molecular weight is 360 g/mol. The van der Waals surface area contributed by atoms with E-state index in [0.29, 0.717) is 5.16 Å². The topological polar surface area (TPSA) is 49.8 Å². The minimum absolute atomic E-state index is 0.0648. The molecule has 8 heteroatoms. The van der Waals surface area contributed by atoms with Gasteiger partial charge in [-0.05, 0) is 31.9 Å². The maximum atomic E-state index is 13.7. The lowest BCUT2D eigenvalue weighted by Crippen LogP contribution is -2.25. The Morgan fingerprint density at radius 2 is 1.29 bits per heavy atom. The van der Waals surface area contributed by atoms with Gasteiger partial charge in [-0.3, -0.25) is 0 Å². The summed E-state index contributed by atoms with van der Waals surface area (Å²) in [5.41, 5.74) is -0.751. The van der Waals surface area contributed by atoms with Gasteiger partial charge in [0.1, 0.15) is 17.2 Å². The third-order valence-corrected chi connectivity index (χ3v) is 5.29. The molecule has 24 heavy (non-hydrogen) atoms. The van der Waals surface area contributed by atoms with E-state index in [1.807, 2.05) is 0 Å². The fourth-order valence-corrected chi connectivity index (χ4v) is 3.90. The molecule has 2 saturated carbocycles. The van der Waals surface area contributed by atoms with E-state index < -0.39 is 11.7 Å². The van der Waals surface area contributed by atoms with Crippen molar-refractivity contribution in [1.29, 1.82) is 0 Å². The van der Waals surface area contributed by atoms with E-state index in [2.05, 4.69) is 20.6 Å². The van der Waals surface area contributed by atoms with Crippen LogP contribution in [0, 0.1) is 0 Å². The quantitative estimate of drug-likeness (QED) is 0.576. The summed E-state index contributed by atoms with van der Waals surface area (Å²) in [5, 5.41) is 6.43. The summed E-state index contributed by atoms with van der Waals surface area (Å²) < 4.78 is 41.2. The van der Waals surface area contributed by atoms with E-state index >= 15 is 0 Å². The van der Waals surface area contributed by atoms with E-state index in [-0.39, 0.29) is 23.7 Å². The van der Waals surface area contributed by atoms with Crippen LogP contribution in [0.25, 0.3) is 0 Å². The van der Waals surface area contributed by atoms with Crippen molar-refractivity contribution in [3.63, 3.8) is 0 Å². The number of nitrogens with one attached hydrogen (secondary N) is 2. The Morgan fingerprint density at radius 1 is 0.875 bits per heavy atom. The molecule has 0 saturated heterocycles. The van der Waals surface area contributed by atoms with Gasteiger partial charge in [0.25, 0.3) is 0 Å². The van der Waals surface area contributed by atoms with Crippen LogP contribution in [0.4, 0.5) is 24.8 Å². The molecule has 0 spiro atoms. The van der Waals surface area contributed by atoms with Crippen molar-refractivity contribution in [3.05, 3.63) is 5.56 Å². The molecule has 1 heterocycles. The second-order valence-corrected chi connectivity index (χ2v) is 7.31. The van der Waals surface area contributed by atoms with Crippen LogP contribution in [0.5, 0.6) is 0 Å². The Bertz CT molecular complexity index is 528. The van der Waals surface area contributed by atoms with Gasteiger partial charge in [-0.1, -0.05) is 37.4 Å². The second-order valence-electron chi connectivity index (χ2n) is 6.53. The van der Waals surface area contributed by atoms with Gasteiger partial charge < -0.3 is 10.6 Å². The van der Waals surface area contributed by atoms with Crippen LogP contribution in [-0.4, -0.2) is 28.3 Å². The van der Waals surface area contributed by atoms with E-state index in [4.69, 9.17) is 0 Å². The van der Waals surface area contributed by atoms with Gasteiger partial charge >= 0.3 is 6.18 Å². The molecule has 0 aliphatic heterocycles. The number of hydrogen-bond acceptors (Lipinski definition) is 5. The fraction of sp³-hybridized carbons (Fsp3) is 0.750. The molecule has 0 amide bonds. The second kappa shape index (κ2) is 7.37. The van der Waals surface area contributed by atoms with Gasteiger partial charge in [-0.2, -0.15) is 13.2 Å². The zero-order valence-corrected chi connectivity index (χ0v) is 14.6. The van der Waals surface area contributed by atoms with E-state index in [1.54, 1.807) is 6.26 Å². The van der Waals surface area contributed by atoms with E-state index in [9.17, 15) is 13.2 Å². The lowest BCUT2D eigenvalue weighted by Gasteiger charge is -2.22. The highest BCUT2D eigenvalue weighted by Gasteiger charge is 2.40. The molecule has 0 atom stereocenters. The molecule has 0 aromatic carbocycles. The Morgan fingerprint density at radius 3 is 1.62 bits per heavy atom. The van der Waals surface area contributed by atoms with Gasteiger partial charge in [0.05, 0.1) is 0 Å². The summed E-state index contributed by atoms with van der Waals surface area (Å²) in [6, 6.07) is 0.130. The maximum absolute atomic E-state index is 13.7. The molecular weight excluding hydrogens is 337 g/mol. The Balaban J connectivity index is 1.97. The summed E-state index contributed by atoms with van der Waals surface area (Å²) in [6.07, 6.45) is 5.05. The Hall–Kier alpha value is -1.18. The van der Waals surface area contributed by atoms with Crippen LogP contribution in [0.15, 0.2) is 5.16 Å². The molecule has 0 radical (unpaired) electrons. The number of aromatic nitrogens is 2. The predicted molar refractivity (Wildman–Crippen MR) is 90.6 cm³/mol. The fourth-order valence-electron chi connectivity index (χ4n) is 3.54. The first-order valence-electron chi connectivity index (χ1n) is 8.53. The molecule has 2 fully saturated rings. The largest absolute Gasteiger partial charge is 0.423 e. The maximum Gasteiger partial charge on any atom is 0.423 e. The lowest BCUT2D eigenvalue weighted by molar-refractivity contribution is -0.136. The monoisotopic (exact) mass is 360 g/mol. The number of halogens is 3. The van der Waals surface area contributed by atoms with Gasteiger partial charge in [0.2, 0.25) is 0 Å². The van der Waals surface area contributed by atoms with Crippen LogP contribution in [-0.2, 0) is 6.18 Å². The van der Waals surface area contributed by atoms with E-state index in [1.165, 1.54) is 11.8 Å². The standard InChI is InChI=1S/C16H23F3N4S/c1-24-15-22-13(20-10-6-2-3-7-10)12(16(17,18)19)14(23-15)21-11-8-4-5-9-11/h10-11H,2-9H2,1H3,(H2,20,21,22,23). The first-order valence-corrected chi connectivity index (χ1v) is 9.76. The molecule has 1 aromatic heterocycles. The molecule has 0 unspecified atom stereocenters. The van der Waals surface area contributed by atoms with Crippen molar-refractivity contribution in [1.82, 2.24) is 9.97 Å². The number of anilines is 2. The molecule has 2 N–H and O–H groups in total. The Labute approximate surface area is 144 Å². The first-order chi connectivity index (χ1) is 11.5. The minimum Gasteiger partial charge on any atom is -0.367 e. The summed E-state index contributed by atoms with van der Waals surface area (Å²) in [7, 11) is 0. The zero-order valence-electron chi connectivity index (χ0n) is 13.7. The lowest BCUT2D eigenvalue weighted by atomic mass is 10.2. The van der Waals surface area contributed by atoms with Crippen molar-refractivity contribution < 1.29 is 13.2 Å². The third kappa shape index (κ3) is 4.07. The highest BCUT2D eigenvalue weighted by Crippen LogP contribution is 2.41. The summed E-state index contributed by atoms with van der Waals surface area (Å²) in [4.78, 5) is 8.27. The summed E-state index contributed by atoms with van der Waals surface area (Å²) in [5.74, 6) is -0.150. The molecule has 2 aliphatic rings. The van der Waals surface area contributed by atoms with Gasteiger partial charge in [0, 0.05) is 12.1 Å². The normalized spacial score (nSPS) is 19.8. The van der Waals surface area contributed by atoms with Crippen LogP contribution < -0.4 is 10.6 Å². The Kier molecular flexibility index (Phi) is 5.42. The molecular formula is C16H23F3N4S. The van der Waals surface area contributed by atoms with Crippen LogP contribution in [0.3, 0.4) is 0 Å². The van der Waals surface area contributed by atoms with Crippen molar-refractivity contribution >= 4 is 23.4 Å². The number of rotatable bonds is 5.